The van der Waals surface area contributed by atoms with Crippen molar-refractivity contribution in [2.45, 2.75) is 309 Å². The first-order chi connectivity index (χ1) is 41.0. The fourth-order valence-corrected chi connectivity index (χ4v) is 9.27. The number of carbonyl (C=O) groups excluding carboxylic acids is 3. The lowest BCUT2D eigenvalue weighted by Gasteiger charge is -2.18. The van der Waals surface area contributed by atoms with Crippen LogP contribution < -0.4 is 0 Å². The Labute approximate surface area is 512 Å². The molecule has 0 heterocycles. The Morgan fingerprint density at radius 3 is 0.759 bits per heavy atom. The van der Waals surface area contributed by atoms with Crippen LogP contribution in [-0.4, -0.2) is 37.2 Å². The number of ether oxygens (including phenoxy) is 3. The topological polar surface area (TPSA) is 78.9 Å². The SMILES string of the molecule is CC/C=C\C/C=C\C/C=C\C/C=C\C/C=C\C/C=C\C/C=C\C/C=C\CCCCCCC(=O)OCC(COC(=O)CCCC/C=C\C/C=C\C/C=C\C/C=C\CC)OC(=O)CCCCCCCCCCCCCCCCCCCCCCC. The molecule has 6 heteroatoms. The summed E-state index contributed by atoms with van der Waals surface area (Å²) in [5.41, 5.74) is 0. The summed E-state index contributed by atoms with van der Waals surface area (Å²) in [6.45, 7) is 6.38. The van der Waals surface area contributed by atoms with Gasteiger partial charge in [-0.15, -0.1) is 0 Å². The monoisotopic (exact) mass is 1150 g/mol. The summed E-state index contributed by atoms with van der Waals surface area (Å²) in [7, 11) is 0. The summed E-state index contributed by atoms with van der Waals surface area (Å²) in [5, 5.41) is 0. The molecule has 0 fully saturated rings. The summed E-state index contributed by atoms with van der Waals surface area (Å²) in [6.07, 6.45) is 100. The Bertz CT molecular complexity index is 1800. The highest BCUT2D eigenvalue weighted by Gasteiger charge is 2.19. The van der Waals surface area contributed by atoms with E-state index in [1.165, 1.54) is 116 Å². The minimum atomic E-state index is -0.812. The van der Waals surface area contributed by atoms with E-state index in [9.17, 15) is 14.4 Å². The van der Waals surface area contributed by atoms with Gasteiger partial charge in [-0.25, -0.2) is 0 Å². The van der Waals surface area contributed by atoms with Gasteiger partial charge in [0.1, 0.15) is 13.2 Å². The van der Waals surface area contributed by atoms with Gasteiger partial charge in [0, 0.05) is 19.3 Å². The van der Waals surface area contributed by atoms with Gasteiger partial charge in [-0.1, -0.05) is 308 Å². The number of hydrogen-bond donors (Lipinski definition) is 0. The Morgan fingerprint density at radius 1 is 0.253 bits per heavy atom. The van der Waals surface area contributed by atoms with Crippen LogP contribution in [0.25, 0.3) is 0 Å². The first-order valence-electron chi connectivity index (χ1n) is 34.3. The average molecular weight is 1150 g/mol. The lowest BCUT2D eigenvalue weighted by atomic mass is 10.0. The molecule has 0 rings (SSSR count). The molecule has 0 aromatic heterocycles. The van der Waals surface area contributed by atoms with E-state index in [0.717, 1.165) is 148 Å². The number of rotatable bonds is 61. The average Bonchev–Trinajstić information content (AvgIpc) is 3.49. The van der Waals surface area contributed by atoms with E-state index in [2.05, 4.69) is 167 Å². The highest BCUT2D eigenvalue weighted by molar-refractivity contribution is 5.71. The summed E-state index contributed by atoms with van der Waals surface area (Å²) in [6, 6.07) is 0. The van der Waals surface area contributed by atoms with E-state index >= 15 is 0 Å². The molecule has 1 unspecified atom stereocenters. The van der Waals surface area contributed by atoms with Crippen LogP contribution in [0, 0.1) is 0 Å². The molecule has 470 valence electrons. The lowest BCUT2D eigenvalue weighted by molar-refractivity contribution is -0.167. The molecule has 0 radical (unpaired) electrons. The normalized spacial score (nSPS) is 13.0. The summed E-state index contributed by atoms with van der Waals surface area (Å²) < 4.78 is 16.9. The molecule has 0 amide bonds. The van der Waals surface area contributed by atoms with Crippen LogP contribution in [0.3, 0.4) is 0 Å². The lowest BCUT2D eigenvalue weighted by Crippen LogP contribution is -2.30. The van der Waals surface area contributed by atoms with Crippen molar-refractivity contribution in [3.63, 3.8) is 0 Å². The molecule has 0 N–H and O–H groups in total. The van der Waals surface area contributed by atoms with Crippen molar-refractivity contribution < 1.29 is 28.6 Å². The first kappa shape index (κ1) is 78.3. The van der Waals surface area contributed by atoms with Crippen LogP contribution in [0.4, 0.5) is 0 Å². The second-order valence-electron chi connectivity index (χ2n) is 22.3. The van der Waals surface area contributed by atoms with E-state index < -0.39 is 6.10 Å². The van der Waals surface area contributed by atoms with E-state index in [1.807, 2.05) is 0 Å². The van der Waals surface area contributed by atoms with Crippen LogP contribution in [0.5, 0.6) is 0 Å². The van der Waals surface area contributed by atoms with Crippen LogP contribution in [0.2, 0.25) is 0 Å². The molecule has 0 saturated heterocycles. The Kier molecular flexibility index (Phi) is 65.8. The van der Waals surface area contributed by atoms with Gasteiger partial charge in [0.2, 0.25) is 0 Å². The third kappa shape index (κ3) is 68.0. The van der Waals surface area contributed by atoms with Gasteiger partial charge in [-0.3, -0.25) is 14.4 Å². The van der Waals surface area contributed by atoms with Crippen molar-refractivity contribution in [2.24, 2.45) is 0 Å². The third-order valence-corrected chi connectivity index (χ3v) is 14.3. The van der Waals surface area contributed by atoms with E-state index in [0.29, 0.717) is 19.3 Å². The van der Waals surface area contributed by atoms with Gasteiger partial charge in [-0.2, -0.15) is 0 Å². The van der Waals surface area contributed by atoms with Gasteiger partial charge in [-0.05, 0) is 122 Å². The van der Waals surface area contributed by atoms with Gasteiger partial charge >= 0.3 is 17.9 Å². The van der Waals surface area contributed by atoms with Crippen molar-refractivity contribution >= 4 is 17.9 Å². The molecule has 0 aliphatic rings. The van der Waals surface area contributed by atoms with Crippen LogP contribution in [0.15, 0.2) is 146 Å². The number of unbranched alkanes of at least 4 members (excludes halogenated alkanes) is 26. The maximum atomic E-state index is 12.9. The number of carbonyl (C=O) groups is 3. The van der Waals surface area contributed by atoms with Crippen LogP contribution in [-0.2, 0) is 28.6 Å². The zero-order valence-corrected chi connectivity index (χ0v) is 53.9. The molecule has 1 atom stereocenters. The predicted octanol–water partition coefficient (Wildman–Crippen LogP) is 23.9. The first-order valence-corrected chi connectivity index (χ1v) is 34.3. The van der Waals surface area contributed by atoms with Gasteiger partial charge in [0.15, 0.2) is 6.10 Å². The fraction of sp³-hybridized carbons (Fsp3) is 0.649. The van der Waals surface area contributed by atoms with E-state index in [1.54, 1.807) is 0 Å². The molecule has 0 saturated carbocycles. The number of esters is 3. The molecule has 83 heavy (non-hydrogen) atoms. The molecule has 0 bridgehead atoms. The second kappa shape index (κ2) is 69.8. The minimum Gasteiger partial charge on any atom is -0.462 e. The Balaban J connectivity index is 4.43. The molecule has 0 aliphatic heterocycles. The van der Waals surface area contributed by atoms with Crippen molar-refractivity contribution in [1.29, 1.82) is 0 Å². The Hall–Kier alpha value is -4.71. The van der Waals surface area contributed by atoms with Crippen molar-refractivity contribution in [3.8, 4) is 0 Å². The predicted molar refractivity (Wildman–Crippen MR) is 362 cm³/mol. The quantitative estimate of drug-likeness (QED) is 0.0261. The van der Waals surface area contributed by atoms with E-state index in [4.69, 9.17) is 14.2 Å². The molecular formula is C77H126O6. The Morgan fingerprint density at radius 2 is 0.470 bits per heavy atom. The summed E-state index contributed by atoms with van der Waals surface area (Å²) in [4.78, 5) is 38.4. The molecule has 0 aromatic carbocycles. The largest absolute Gasteiger partial charge is 0.462 e. The van der Waals surface area contributed by atoms with Gasteiger partial charge in [0.05, 0.1) is 0 Å². The minimum absolute atomic E-state index is 0.108. The number of allylic oxidation sites excluding steroid dienone is 24. The molecule has 6 nitrogen and oxygen atoms in total. The second-order valence-corrected chi connectivity index (χ2v) is 22.3. The summed E-state index contributed by atoms with van der Waals surface area (Å²) >= 11 is 0. The zero-order chi connectivity index (χ0) is 59.9. The smallest absolute Gasteiger partial charge is 0.306 e. The van der Waals surface area contributed by atoms with E-state index in [-0.39, 0.29) is 31.1 Å². The standard InChI is InChI=1S/C77H126O6/c1-4-7-10-13-16-19-22-25-28-30-32-34-35-36-37-38-39-40-41-43-44-46-49-52-55-58-61-64-67-70-76(79)82-73-74(72-81-75(78)69-66-63-60-57-54-51-48-27-24-21-18-15-12-9-6-3)83-77(80)71-68-65-62-59-56-53-50-47-45-42-33-31-29-26-23-20-17-14-11-8-5-2/h7,9-10,12,16,18-19,21,25,27-28,32,34,36-37,39-40,43-44,48-49,52,54,57,74H,4-6,8,11,13-15,17,20,22-24,26,29-31,33,35,38,41-42,45-47,50-51,53,55-56,58-73H2,1-3H3/b10-7-,12-9-,19-16-,21-18-,28-25-,34-32-,37-36-,40-39-,44-43-,48-27-,52-49-,57-54-. The molecule has 0 aromatic rings. The maximum absolute atomic E-state index is 12.9. The van der Waals surface area contributed by atoms with Gasteiger partial charge < -0.3 is 14.2 Å². The molecule has 0 spiro atoms. The zero-order valence-electron chi connectivity index (χ0n) is 53.9. The van der Waals surface area contributed by atoms with Gasteiger partial charge in [0.25, 0.3) is 0 Å². The van der Waals surface area contributed by atoms with Crippen molar-refractivity contribution in [2.75, 3.05) is 13.2 Å². The maximum Gasteiger partial charge on any atom is 0.306 e. The van der Waals surface area contributed by atoms with Crippen molar-refractivity contribution in [1.82, 2.24) is 0 Å². The fourth-order valence-electron chi connectivity index (χ4n) is 9.27. The molecular weight excluding hydrogens is 1020 g/mol. The molecule has 0 aliphatic carbocycles. The van der Waals surface area contributed by atoms with Crippen LogP contribution in [0.1, 0.15) is 303 Å². The van der Waals surface area contributed by atoms with Crippen molar-refractivity contribution in [3.05, 3.63) is 146 Å². The third-order valence-electron chi connectivity index (χ3n) is 14.3. The van der Waals surface area contributed by atoms with Crippen LogP contribution >= 0.6 is 0 Å². The summed E-state index contributed by atoms with van der Waals surface area (Å²) in [5.74, 6) is -0.966. The highest BCUT2D eigenvalue weighted by atomic mass is 16.6. The number of hydrogen-bond acceptors (Lipinski definition) is 6. The highest BCUT2D eigenvalue weighted by Crippen LogP contribution is 2.17.